The van der Waals surface area contributed by atoms with Crippen LogP contribution in [-0.2, 0) is 29.9 Å². The Balaban J connectivity index is 1.70. The van der Waals surface area contributed by atoms with Crippen LogP contribution in [0.5, 0.6) is 5.75 Å². The molecule has 0 amide bonds. The first-order chi connectivity index (χ1) is 15.7. The highest BCUT2D eigenvalue weighted by Crippen LogP contribution is 2.49. The Bertz CT molecular complexity index is 1120. The number of anilines is 1. The molecule has 2 N–H and O–H groups in total. The lowest BCUT2D eigenvalue weighted by molar-refractivity contribution is -0.155. The predicted molar refractivity (Wildman–Crippen MR) is 122 cm³/mol. The minimum absolute atomic E-state index is 0.281. The van der Waals surface area contributed by atoms with Crippen LogP contribution in [0.25, 0.3) is 11.2 Å². The number of benzene rings is 1. The highest BCUT2D eigenvalue weighted by atomic mass is 31.2. The molecule has 3 rings (SSSR count). The quantitative estimate of drug-likeness (QED) is 0.323. The molecule has 3 atom stereocenters. The second kappa shape index (κ2) is 10.7. The number of imidazole rings is 1. The summed E-state index contributed by atoms with van der Waals surface area (Å²) in [4.78, 5) is 24.5. The van der Waals surface area contributed by atoms with Crippen LogP contribution in [0.2, 0.25) is 0 Å². The molecule has 0 saturated carbocycles. The van der Waals surface area contributed by atoms with E-state index in [4.69, 9.17) is 24.3 Å². The van der Waals surface area contributed by atoms with E-state index in [-0.39, 0.29) is 18.3 Å². The first-order valence-electron chi connectivity index (χ1n) is 10.4. The second-order valence-electron chi connectivity index (χ2n) is 7.68. The molecule has 178 valence electrons. The van der Waals surface area contributed by atoms with Crippen LogP contribution >= 0.6 is 7.60 Å². The van der Waals surface area contributed by atoms with Crippen molar-refractivity contribution >= 4 is 30.5 Å². The zero-order valence-corrected chi connectivity index (χ0v) is 19.8. The first kappa shape index (κ1) is 24.6. The Kier molecular flexibility index (Phi) is 8.01. The fourth-order valence-electron chi connectivity index (χ4n) is 2.91. The van der Waals surface area contributed by atoms with Crippen molar-refractivity contribution in [3.8, 4) is 5.75 Å². The van der Waals surface area contributed by atoms with Crippen LogP contribution < -0.4 is 10.3 Å². The van der Waals surface area contributed by atoms with E-state index >= 15 is 0 Å². The highest BCUT2D eigenvalue weighted by molar-refractivity contribution is 7.54. The molecular formula is C21H28N5O6P. The van der Waals surface area contributed by atoms with Gasteiger partial charge in [-0.2, -0.15) is 0 Å². The predicted octanol–water partition coefficient (Wildman–Crippen LogP) is 3.40. The van der Waals surface area contributed by atoms with Gasteiger partial charge in [0.15, 0.2) is 23.9 Å². The Hall–Kier alpha value is -3.01. The monoisotopic (exact) mass is 477 g/mol. The van der Waals surface area contributed by atoms with Gasteiger partial charge in [0, 0.05) is 0 Å². The Labute approximate surface area is 191 Å². The van der Waals surface area contributed by atoms with Gasteiger partial charge in [-0.3, -0.25) is 4.52 Å². The van der Waals surface area contributed by atoms with Crippen LogP contribution in [0.15, 0.2) is 43.0 Å². The third-order valence-corrected chi connectivity index (χ3v) is 5.98. The van der Waals surface area contributed by atoms with E-state index in [0.717, 1.165) is 0 Å². The third-order valence-electron chi connectivity index (χ3n) is 4.39. The molecule has 0 radical (unpaired) electrons. The molecule has 0 saturated heterocycles. The number of hydrogen-bond donors (Lipinski definition) is 1. The summed E-state index contributed by atoms with van der Waals surface area (Å²) in [6.45, 7) is 7.03. The van der Waals surface area contributed by atoms with Crippen molar-refractivity contribution in [2.24, 2.45) is 0 Å². The maximum absolute atomic E-state index is 13.5. The van der Waals surface area contributed by atoms with Crippen molar-refractivity contribution < 1.29 is 27.9 Å². The SMILES string of the molecule is CC(C)OC(=O)[C@H](C)OP(=O)(CO[C@H](C)Cn1cnc2c(N)ncnc21)Oc1ccccc1. The number of nitrogens with zero attached hydrogens (tertiary/aromatic N) is 4. The van der Waals surface area contributed by atoms with Crippen molar-refractivity contribution in [2.75, 3.05) is 12.1 Å². The van der Waals surface area contributed by atoms with Crippen molar-refractivity contribution in [1.29, 1.82) is 0 Å². The second-order valence-corrected chi connectivity index (χ2v) is 9.56. The number of carbonyl (C=O) groups is 1. The van der Waals surface area contributed by atoms with Gasteiger partial charge in [-0.1, -0.05) is 18.2 Å². The first-order valence-corrected chi connectivity index (χ1v) is 12.1. The van der Waals surface area contributed by atoms with Gasteiger partial charge < -0.3 is 24.3 Å². The minimum Gasteiger partial charge on any atom is -0.461 e. The van der Waals surface area contributed by atoms with Crippen LogP contribution in [0.3, 0.4) is 0 Å². The molecule has 11 nitrogen and oxygen atoms in total. The average molecular weight is 477 g/mol. The average Bonchev–Trinajstić information content (AvgIpc) is 3.16. The van der Waals surface area contributed by atoms with Gasteiger partial charge in [0.25, 0.3) is 0 Å². The molecular weight excluding hydrogens is 449 g/mol. The Morgan fingerprint density at radius 2 is 1.85 bits per heavy atom. The van der Waals surface area contributed by atoms with Crippen molar-refractivity contribution in [1.82, 2.24) is 19.5 Å². The van der Waals surface area contributed by atoms with Gasteiger partial charge in [0.05, 0.1) is 25.1 Å². The smallest absolute Gasteiger partial charge is 0.405 e. The van der Waals surface area contributed by atoms with Gasteiger partial charge in [0.2, 0.25) is 0 Å². The Morgan fingerprint density at radius 1 is 1.12 bits per heavy atom. The van der Waals surface area contributed by atoms with Gasteiger partial charge in [0.1, 0.15) is 17.6 Å². The van der Waals surface area contributed by atoms with E-state index in [0.29, 0.717) is 23.5 Å². The molecule has 2 aromatic heterocycles. The van der Waals surface area contributed by atoms with E-state index in [9.17, 15) is 9.36 Å². The number of nitrogen functional groups attached to an aromatic ring is 1. The van der Waals surface area contributed by atoms with Crippen LogP contribution in [0.4, 0.5) is 5.82 Å². The summed E-state index contributed by atoms with van der Waals surface area (Å²) >= 11 is 0. The summed E-state index contributed by atoms with van der Waals surface area (Å²) in [5.74, 6) is -0.0323. The molecule has 0 aliphatic rings. The van der Waals surface area contributed by atoms with Crippen LogP contribution in [-0.4, -0.2) is 50.1 Å². The van der Waals surface area contributed by atoms with Crippen molar-refractivity contribution in [2.45, 2.75) is 52.6 Å². The standard InChI is InChI=1S/C21H28N5O6P/c1-14(2)30-21(27)16(4)31-33(28,32-17-8-6-5-7-9-17)13-29-15(3)10-26-12-25-18-19(22)23-11-24-20(18)26/h5-9,11-12,14-16H,10,13H2,1-4H3,(H2,22,23,24)/t15-,16+,33?/m1/s1. The van der Waals surface area contributed by atoms with E-state index in [1.165, 1.54) is 13.3 Å². The zero-order valence-electron chi connectivity index (χ0n) is 19.0. The molecule has 0 bridgehead atoms. The molecule has 0 spiro atoms. The summed E-state index contributed by atoms with van der Waals surface area (Å²) in [6, 6.07) is 8.54. The Morgan fingerprint density at radius 3 is 2.55 bits per heavy atom. The van der Waals surface area contributed by atoms with E-state index in [2.05, 4.69) is 15.0 Å². The van der Waals surface area contributed by atoms with Gasteiger partial charge in [-0.15, -0.1) is 0 Å². The number of fused-ring (bicyclic) bond motifs is 1. The van der Waals surface area contributed by atoms with Crippen LogP contribution in [0.1, 0.15) is 27.7 Å². The van der Waals surface area contributed by atoms with Crippen LogP contribution in [0, 0.1) is 0 Å². The molecule has 33 heavy (non-hydrogen) atoms. The number of para-hydroxylation sites is 1. The third kappa shape index (κ3) is 6.74. The lowest BCUT2D eigenvalue weighted by Gasteiger charge is -2.24. The maximum atomic E-state index is 13.5. The fourth-order valence-corrected chi connectivity index (χ4v) is 4.52. The van der Waals surface area contributed by atoms with Gasteiger partial charge in [-0.25, -0.2) is 24.3 Å². The van der Waals surface area contributed by atoms with Gasteiger partial charge >= 0.3 is 13.6 Å². The largest absolute Gasteiger partial charge is 0.461 e. The zero-order chi connectivity index (χ0) is 24.0. The fraction of sp³-hybridized carbons (Fsp3) is 0.429. The summed E-state index contributed by atoms with van der Waals surface area (Å²) in [7, 11) is -3.89. The molecule has 1 unspecified atom stereocenters. The summed E-state index contributed by atoms with van der Waals surface area (Å²) < 4.78 is 37.4. The summed E-state index contributed by atoms with van der Waals surface area (Å²) in [5.41, 5.74) is 6.87. The van der Waals surface area contributed by atoms with E-state index < -0.39 is 25.8 Å². The number of aromatic nitrogens is 4. The molecule has 12 heteroatoms. The number of carbonyl (C=O) groups excluding carboxylic acids is 1. The van der Waals surface area contributed by atoms with Crippen molar-refractivity contribution in [3.63, 3.8) is 0 Å². The maximum Gasteiger partial charge on any atom is 0.405 e. The summed E-state index contributed by atoms with van der Waals surface area (Å²) in [6.07, 6.45) is 0.680. The molecule has 0 aliphatic heterocycles. The number of hydrogen-bond acceptors (Lipinski definition) is 10. The lowest BCUT2D eigenvalue weighted by atomic mass is 10.3. The number of nitrogens with two attached hydrogens (primary N) is 1. The highest BCUT2D eigenvalue weighted by Gasteiger charge is 2.34. The minimum atomic E-state index is -3.89. The molecule has 2 heterocycles. The van der Waals surface area contributed by atoms with Gasteiger partial charge in [-0.05, 0) is 39.8 Å². The topological polar surface area (TPSA) is 141 Å². The molecule has 0 fully saturated rings. The normalized spacial score (nSPS) is 15.2. The number of ether oxygens (including phenoxy) is 2. The molecule has 1 aromatic carbocycles. The summed E-state index contributed by atoms with van der Waals surface area (Å²) in [5, 5.41) is 0. The molecule has 0 aliphatic carbocycles. The van der Waals surface area contributed by atoms with Crippen molar-refractivity contribution in [3.05, 3.63) is 43.0 Å². The van der Waals surface area contributed by atoms with E-state index in [1.54, 1.807) is 62.0 Å². The van der Waals surface area contributed by atoms with E-state index in [1.807, 2.05) is 0 Å². The molecule has 3 aromatic rings. The lowest BCUT2D eigenvalue weighted by Crippen LogP contribution is -2.27. The number of esters is 1. The number of rotatable bonds is 11.